The lowest BCUT2D eigenvalue weighted by Crippen LogP contribution is -2.25. The van der Waals surface area contributed by atoms with Crippen LogP contribution in [0.25, 0.3) is 0 Å². The lowest BCUT2D eigenvalue weighted by atomic mass is 10.0. The lowest BCUT2D eigenvalue weighted by molar-refractivity contribution is 0.521. The summed E-state index contributed by atoms with van der Waals surface area (Å²) >= 11 is 0. The van der Waals surface area contributed by atoms with Gasteiger partial charge >= 0.3 is 0 Å². The van der Waals surface area contributed by atoms with Gasteiger partial charge in [-0.05, 0) is 42.6 Å². The number of halogens is 1. The molecule has 0 saturated carbocycles. The summed E-state index contributed by atoms with van der Waals surface area (Å²) in [6.07, 6.45) is 0. The highest BCUT2D eigenvalue weighted by Crippen LogP contribution is 2.18. The van der Waals surface area contributed by atoms with Gasteiger partial charge in [0.2, 0.25) is 0 Å². The molecule has 0 fully saturated rings. The molecule has 1 aromatic rings. The van der Waals surface area contributed by atoms with Crippen LogP contribution in [0.5, 0.6) is 0 Å². The summed E-state index contributed by atoms with van der Waals surface area (Å²) in [6.45, 7) is 6.77. The van der Waals surface area contributed by atoms with Crippen molar-refractivity contribution in [1.82, 2.24) is 5.32 Å². The van der Waals surface area contributed by atoms with Crippen LogP contribution < -0.4 is 5.32 Å². The van der Waals surface area contributed by atoms with Gasteiger partial charge in [0.05, 0.1) is 6.07 Å². The summed E-state index contributed by atoms with van der Waals surface area (Å²) in [5, 5.41) is 12.2. The highest BCUT2D eigenvalue weighted by Gasteiger charge is 2.13. The molecule has 3 heteroatoms. The molecule has 1 atom stereocenters. The van der Waals surface area contributed by atoms with E-state index in [1.54, 1.807) is 6.07 Å². The van der Waals surface area contributed by atoms with Crippen LogP contribution in [0.3, 0.4) is 0 Å². The molecule has 0 aliphatic rings. The first-order chi connectivity index (χ1) is 7.54. The van der Waals surface area contributed by atoms with E-state index < -0.39 is 6.04 Å². The van der Waals surface area contributed by atoms with Crippen molar-refractivity contribution < 1.29 is 4.39 Å². The van der Waals surface area contributed by atoms with Crippen molar-refractivity contribution >= 4 is 0 Å². The minimum absolute atomic E-state index is 0.299. The number of benzene rings is 1. The molecule has 1 rings (SSSR count). The van der Waals surface area contributed by atoms with E-state index in [4.69, 9.17) is 5.26 Å². The highest BCUT2D eigenvalue weighted by molar-refractivity contribution is 5.32. The van der Waals surface area contributed by atoms with Crippen molar-refractivity contribution in [2.24, 2.45) is 5.92 Å². The monoisotopic (exact) mass is 220 g/mol. The predicted octanol–water partition coefficient (Wildman–Crippen LogP) is 2.94. The Balaban J connectivity index is 2.87. The maximum atomic E-state index is 13.1. The van der Waals surface area contributed by atoms with E-state index in [0.29, 0.717) is 5.92 Å². The van der Waals surface area contributed by atoms with Crippen LogP contribution in [0.4, 0.5) is 4.39 Å². The number of nitrogens with one attached hydrogen (secondary N) is 1. The zero-order valence-electron chi connectivity index (χ0n) is 9.92. The molecular formula is C13H17FN2. The van der Waals surface area contributed by atoms with Crippen LogP contribution >= 0.6 is 0 Å². The molecule has 2 nitrogen and oxygen atoms in total. The van der Waals surface area contributed by atoms with Crippen molar-refractivity contribution in [2.45, 2.75) is 26.8 Å². The number of nitriles is 1. The quantitative estimate of drug-likeness (QED) is 0.846. The summed E-state index contributed by atoms with van der Waals surface area (Å²) in [5.41, 5.74) is 1.66. The molecule has 1 N–H and O–H groups in total. The van der Waals surface area contributed by atoms with Gasteiger partial charge in [-0.25, -0.2) is 4.39 Å². The van der Waals surface area contributed by atoms with Gasteiger partial charge in [-0.15, -0.1) is 0 Å². The summed E-state index contributed by atoms with van der Waals surface area (Å²) < 4.78 is 13.1. The number of rotatable bonds is 4. The second kappa shape index (κ2) is 5.62. The maximum absolute atomic E-state index is 13.1. The van der Waals surface area contributed by atoms with Crippen molar-refractivity contribution in [2.75, 3.05) is 6.54 Å². The van der Waals surface area contributed by atoms with E-state index in [2.05, 4.69) is 25.2 Å². The Morgan fingerprint density at radius 2 is 2.12 bits per heavy atom. The Morgan fingerprint density at radius 1 is 1.44 bits per heavy atom. The zero-order valence-corrected chi connectivity index (χ0v) is 9.92. The van der Waals surface area contributed by atoms with Crippen molar-refractivity contribution in [3.63, 3.8) is 0 Å². The summed E-state index contributed by atoms with van der Waals surface area (Å²) in [6, 6.07) is 6.27. The van der Waals surface area contributed by atoms with Crippen molar-refractivity contribution in [3.05, 3.63) is 35.1 Å². The van der Waals surface area contributed by atoms with Crippen LogP contribution in [0, 0.1) is 30.0 Å². The fourth-order valence-electron chi connectivity index (χ4n) is 1.50. The fourth-order valence-corrected chi connectivity index (χ4v) is 1.50. The third kappa shape index (κ3) is 3.32. The van der Waals surface area contributed by atoms with E-state index in [9.17, 15) is 4.39 Å². The zero-order chi connectivity index (χ0) is 12.1. The molecule has 0 aromatic heterocycles. The summed E-state index contributed by atoms with van der Waals surface area (Å²) in [5.74, 6) is 0.164. The number of hydrogen-bond acceptors (Lipinski definition) is 2. The number of nitrogens with zero attached hydrogens (tertiary/aromatic N) is 1. The van der Waals surface area contributed by atoms with E-state index in [1.165, 1.54) is 12.1 Å². The van der Waals surface area contributed by atoms with Gasteiger partial charge in [-0.1, -0.05) is 19.9 Å². The molecule has 0 aliphatic heterocycles. The Kier molecular flexibility index (Phi) is 4.45. The molecule has 0 amide bonds. The van der Waals surface area contributed by atoms with Crippen LogP contribution in [-0.2, 0) is 0 Å². The van der Waals surface area contributed by atoms with Crippen LogP contribution in [0.2, 0.25) is 0 Å². The van der Waals surface area contributed by atoms with Crippen LogP contribution in [-0.4, -0.2) is 6.54 Å². The Bertz CT molecular complexity index is 393. The number of hydrogen-bond donors (Lipinski definition) is 1. The minimum Gasteiger partial charge on any atom is -0.298 e. The fraction of sp³-hybridized carbons (Fsp3) is 0.462. The molecule has 1 aromatic carbocycles. The number of aryl methyl sites for hydroxylation is 1. The van der Waals surface area contributed by atoms with Crippen LogP contribution in [0.1, 0.15) is 31.0 Å². The third-order valence-electron chi connectivity index (χ3n) is 2.41. The maximum Gasteiger partial charge on any atom is 0.123 e. The normalized spacial score (nSPS) is 12.5. The molecule has 0 saturated heterocycles. The highest BCUT2D eigenvalue weighted by atomic mass is 19.1. The standard InChI is InChI=1S/C13H17FN2/c1-9(2)8-16-13(7-15)12-6-11(14)5-4-10(12)3/h4-6,9,13,16H,8H2,1-3H3. The molecule has 0 spiro atoms. The van der Waals surface area contributed by atoms with Gasteiger partial charge in [0.1, 0.15) is 11.9 Å². The Hall–Kier alpha value is -1.40. The molecule has 0 heterocycles. The first kappa shape index (κ1) is 12.7. The summed E-state index contributed by atoms with van der Waals surface area (Å²) in [4.78, 5) is 0. The van der Waals surface area contributed by atoms with Gasteiger partial charge in [0, 0.05) is 0 Å². The van der Waals surface area contributed by atoms with Gasteiger partial charge in [-0.2, -0.15) is 5.26 Å². The van der Waals surface area contributed by atoms with Gasteiger partial charge in [0.25, 0.3) is 0 Å². The summed E-state index contributed by atoms with van der Waals surface area (Å²) in [7, 11) is 0. The van der Waals surface area contributed by atoms with E-state index >= 15 is 0 Å². The molecule has 86 valence electrons. The van der Waals surface area contributed by atoms with Gasteiger partial charge < -0.3 is 0 Å². The topological polar surface area (TPSA) is 35.8 Å². The second-order valence-electron chi connectivity index (χ2n) is 4.37. The largest absolute Gasteiger partial charge is 0.298 e. The Labute approximate surface area is 96.1 Å². The first-order valence-corrected chi connectivity index (χ1v) is 5.43. The molecule has 1 unspecified atom stereocenters. The predicted molar refractivity (Wildman–Crippen MR) is 62.3 cm³/mol. The van der Waals surface area contributed by atoms with Gasteiger partial charge in [0.15, 0.2) is 0 Å². The van der Waals surface area contributed by atoms with Gasteiger partial charge in [-0.3, -0.25) is 5.32 Å². The SMILES string of the molecule is Cc1ccc(F)cc1C(C#N)NCC(C)C. The second-order valence-corrected chi connectivity index (χ2v) is 4.37. The molecule has 0 radical (unpaired) electrons. The van der Waals surface area contributed by atoms with E-state index in [1.807, 2.05) is 6.92 Å². The van der Waals surface area contributed by atoms with E-state index in [0.717, 1.165) is 17.7 Å². The van der Waals surface area contributed by atoms with E-state index in [-0.39, 0.29) is 5.82 Å². The smallest absolute Gasteiger partial charge is 0.123 e. The molecule has 16 heavy (non-hydrogen) atoms. The average Bonchev–Trinajstić information content (AvgIpc) is 2.23. The molecule has 0 bridgehead atoms. The average molecular weight is 220 g/mol. The molecular weight excluding hydrogens is 203 g/mol. The Morgan fingerprint density at radius 3 is 2.69 bits per heavy atom. The van der Waals surface area contributed by atoms with Crippen LogP contribution in [0.15, 0.2) is 18.2 Å². The molecule has 0 aliphatic carbocycles. The lowest BCUT2D eigenvalue weighted by Gasteiger charge is -2.15. The van der Waals surface area contributed by atoms with Crippen molar-refractivity contribution in [1.29, 1.82) is 5.26 Å². The first-order valence-electron chi connectivity index (χ1n) is 5.43. The van der Waals surface area contributed by atoms with Crippen molar-refractivity contribution in [3.8, 4) is 6.07 Å². The minimum atomic E-state index is -0.432. The third-order valence-corrected chi connectivity index (χ3v) is 2.41.